The second kappa shape index (κ2) is 6.24. The average molecular weight is 293 g/mol. The molecule has 0 spiro atoms. The van der Waals surface area contributed by atoms with Crippen molar-refractivity contribution in [1.29, 1.82) is 0 Å². The van der Waals surface area contributed by atoms with Crippen molar-refractivity contribution in [2.75, 3.05) is 27.9 Å². The molecule has 0 saturated heterocycles. The van der Waals surface area contributed by atoms with Gasteiger partial charge in [-0.05, 0) is 35.6 Å². The zero-order chi connectivity index (χ0) is 15.6. The van der Waals surface area contributed by atoms with Gasteiger partial charge in [-0.3, -0.25) is 0 Å². The number of hydrogen-bond acceptors (Lipinski definition) is 4. The molecule has 0 aromatic heterocycles. The molecule has 0 fully saturated rings. The summed E-state index contributed by atoms with van der Waals surface area (Å²) in [6.07, 6.45) is 0.503. The summed E-state index contributed by atoms with van der Waals surface area (Å²) >= 11 is 0. The average Bonchev–Trinajstić information content (AvgIpc) is 2.51. The highest BCUT2D eigenvalue weighted by Gasteiger charge is 2.34. The van der Waals surface area contributed by atoms with E-state index < -0.39 is 0 Å². The van der Waals surface area contributed by atoms with Crippen molar-refractivity contribution in [3.05, 3.63) is 23.3 Å². The van der Waals surface area contributed by atoms with Crippen molar-refractivity contribution in [3.63, 3.8) is 0 Å². The van der Waals surface area contributed by atoms with Gasteiger partial charge in [-0.25, -0.2) is 4.79 Å². The van der Waals surface area contributed by atoms with Crippen LogP contribution in [0.4, 0.5) is 4.79 Å². The first kappa shape index (κ1) is 15.5. The Morgan fingerprint density at radius 2 is 1.81 bits per heavy atom. The van der Waals surface area contributed by atoms with Gasteiger partial charge in [0.25, 0.3) is 0 Å². The molecule has 0 radical (unpaired) electrons. The number of carbonyl (C=O) groups is 1. The molecule has 0 aliphatic carbocycles. The van der Waals surface area contributed by atoms with Crippen LogP contribution in [-0.2, 0) is 11.2 Å². The lowest BCUT2D eigenvalue weighted by atomic mass is 9.86. The molecular formula is C16H23NO4. The van der Waals surface area contributed by atoms with Crippen LogP contribution in [0.1, 0.15) is 31.0 Å². The van der Waals surface area contributed by atoms with Gasteiger partial charge in [0.15, 0.2) is 11.5 Å². The Hall–Kier alpha value is -1.91. The predicted octanol–water partition coefficient (Wildman–Crippen LogP) is 3.03. The fraction of sp³-hybridized carbons (Fsp3) is 0.562. The van der Waals surface area contributed by atoms with Gasteiger partial charge in [0.1, 0.15) is 0 Å². The van der Waals surface area contributed by atoms with Crippen LogP contribution in [0.5, 0.6) is 11.5 Å². The number of amides is 1. The number of carbonyl (C=O) groups excluding carboxylic acids is 1. The van der Waals surface area contributed by atoms with E-state index in [1.807, 2.05) is 12.1 Å². The lowest BCUT2D eigenvalue weighted by Gasteiger charge is -2.39. The van der Waals surface area contributed by atoms with Gasteiger partial charge in [0.2, 0.25) is 0 Å². The number of rotatable bonds is 3. The molecule has 0 N–H and O–H groups in total. The van der Waals surface area contributed by atoms with Gasteiger partial charge in [0.05, 0.1) is 27.4 Å². The van der Waals surface area contributed by atoms with Crippen LogP contribution in [0.3, 0.4) is 0 Å². The van der Waals surface area contributed by atoms with Crippen molar-refractivity contribution in [1.82, 2.24) is 4.90 Å². The molecule has 116 valence electrons. The summed E-state index contributed by atoms with van der Waals surface area (Å²) in [6.45, 7) is 4.86. The van der Waals surface area contributed by atoms with Crippen molar-refractivity contribution in [2.45, 2.75) is 26.3 Å². The maximum absolute atomic E-state index is 12.0. The van der Waals surface area contributed by atoms with Crippen LogP contribution in [0.15, 0.2) is 12.1 Å². The van der Waals surface area contributed by atoms with E-state index in [4.69, 9.17) is 14.2 Å². The second-order valence-electron chi connectivity index (χ2n) is 5.51. The number of hydrogen-bond donors (Lipinski definition) is 0. The molecule has 1 aromatic carbocycles. The highest BCUT2D eigenvalue weighted by molar-refractivity contribution is 5.69. The summed E-state index contributed by atoms with van der Waals surface area (Å²) in [4.78, 5) is 13.8. The molecular weight excluding hydrogens is 270 g/mol. The minimum Gasteiger partial charge on any atom is -0.493 e. The number of ether oxygens (including phenoxy) is 3. The highest BCUT2D eigenvalue weighted by Crippen LogP contribution is 2.41. The van der Waals surface area contributed by atoms with Crippen LogP contribution in [0.2, 0.25) is 0 Å². The van der Waals surface area contributed by atoms with Crippen molar-refractivity contribution < 1.29 is 19.0 Å². The van der Waals surface area contributed by atoms with Crippen LogP contribution in [-0.4, -0.2) is 38.9 Å². The van der Waals surface area contributed by atoms with Crippen LogP contribution in [0.25, 0.3) is 0 Å². The molecule has 1 atom stereocenters. The molecule has 1 amide bonds. The summed E-state index contributed by atoms with van der Waals surface area (Å²) < 4.78 is 15.7. The second-order valence-corrected chi connectivity index (χ2v) is 5.51. The smallest absolute Gasteiger partial charge is 0.410 e. The number of benzene rings is 1. The van der Waals surface area contributed by atoms with E-state index in [0.29, 0.717) is 12.3 Å². The lowest BCUT2D eigenvalue weighted by Crippen LogP contribution is -2.42. The molecule has 0 bridgehead atoms. The molecule has 2 rings (SSSR count). The van der Waals surface area contributed by atoms with E-state index in [2.05, 4.69) is 13.8 Å². The van der Waals surface area contributed by atoms with Gasteiger partial charge in [-0.2, -0.15) is 0 Å². The summed E-state index contributed by atoms with van der Waals surface area (Å²) in [5.41, 5.74) is 2.31. The third-order valence-corrected chi connectivity index (χ3v) is 3.96. The van der Waals surface area contributed by atoms with Crippen LogP contribution >= 0.6 is 0 Å². The van der Waals surface area contributed by atoms with E-state index in [0.717, 1.165) is 17.7 Å². The summed E-state index contributed by atoms with van der Waals surface area (Å²) in [7, 11) is 4.67. The first-order valence-corrected chi connectivity index (χ1v) is 7.12. The first-order valence-electron chi connectivity index (χ1n) is 7.12. The largest absolute Gasteiger partial charge is 0.493 e. The zero-order valence-electron chi connectivity index (χ0n) is 13.3. The number of fused-ring (bicyclic) bond motifs is 1. The van der Waals surface area contributed by atoms with E-state index in [9.17, 15) is 4.79 Å². The van der Waals surface area contributed by atoms with E-state index in [1.54, 1.807) is 19.1 Å². The summed E-state index contributed by atoms with van der Waals surface area (Å²) in [5, 5.41) is 0. The minimum atomic E-state index is -0.283. The normalized spacial score (nSPS) is 17.4. The van der Waals surface area contributed by atoms with E-state index in [-0.39, 0.29) is 18.1 Å². The highest BCUT2D eigenvalue weighted by atomic mass is 16.5. The number of methoxy groups -OCH3 is 3. The third-order valence-electron chi connectivity index (χ3n) is 3.96. The maximum atomic E-state index is 12.0. The molecule has 1 aliphatic heterocycles. The van der Waals surface area contributed by atoms with Crippen LogP contribution in [0, 0.1) is 5.92 Å². The molecule has 1 aliphatic rings. The zero-order valence-corrected chi connectivity index (χ0v) is 13.3. The molecule has 5 nitrogen and oxygen atoms in total. The molecule has 1 unspecified atom stereocenters. The molecule has 1 aromatic rings. The fourth-order valence-electron chi connectivity index (χ4n) is 3.02. The minimum absolute atomic E-state index is 0.0130. The topological polar surface area (TPSA) is 48.0 Å². The maximum Gasteiger partial charge on any atom is 0.410 e. The fourth-order valence-corrected chi connectivity index (χ4v) is 3.02. The Balaban J connectivity index is 2.51. The molecule has 0 saturated carbocycles. The van der Waals surface area contributed by atoms with Gasteiger partial charge < -0.3 is 19.1 Å². The molecule has 1 heterocycles. The quantitative estimate of drug-likeness (QED) is 0.859. The van der Waals surface area contributed by atoms with Crippen molar-refractivity contribution in [3.8, 4) is 11.5 Å². The Morgan fingerprint density at radius 1 is 1.19 bits per heavy atom. The molecule has 5 heteroatoms. The van der Waals surface area contributed by atoms with Gasteiger partial charge >= 0.3 is 6.09 Å². The summed E-state index contributed by atoms with van der Waals surface area (Å²) in [6, 6.07) is 3.98. The molecule has 21 heavy (non-hydrogen) atoms. The SMILES string of the molecule is COC(=O)N1CCc2cc(OC)c(OC)cc2C1C(C)C. The van der Waals surface area contributed by atoms with Gasteiger partial charge in [0, 0.05) is 6.54 Å². The Morgan fingerprint density at radius 3 is 2.33 bits per heavy atom. The van der Waals surface area contributed by atoms with Gasteiger partial charge in [-0.15, -0.1) is 0 Å². The monoisotopic (exact) mass is 293 g/mol. The first-order chi connectivity index (χ1) is 10.0. The Kier molecular flexibility index (Phi) is 4.60. The van der Waals surface area contributed by atoms with Crippen molar-refractivity contribution in [2.24, 2.45) is 5.92 Å². The van der Waals surface area contributed by atoms with Crippen LogP contribution < -0.4 is 9.47 Å². The summed E-state index contributed by atoms with van der Waals surface area (Å²) in [5.74, 6) is 1.69. The van der Waals surface area contributed by atoms with E-state index in [1.165, 1.54) is 12.7 Å². The Labute approximate surface area is 125 Å². The standard InChI is InChI=1S/C16H23NO4/c1-10(2)15-12-9-14(20-4)13(19-3)8-11(12)6-7-17(15)16(18)21-5/h8-10,15H,6-7H2,1-5H3. The Bertz CT molecular complexity index is 527. The predicted molar refractivity (Wildman–Crippen MR) is 79.9 cm³/mol. The van der Waals surface area contributed by atoms with Crippen molar-refractivity contribution >= 4 is 6.09 Å². The lowest BCUT2D eigenvalue weighted by molar-refractivity contribution is 0.0875. The van der Waals surface area contributed by atoms with Gasteiger partial charge in [-0.1, -0.05) is 13.8 Å². The van der Waals surface area contributed by atoms with E-state index >= 15 is 0 Å². The number of nitrogens with zero attached hydrogens (tertiary/aromatic N) is 1. The third kappa shape index (κ3) is 2.77.